The summed E-state index contributed by atoms with van der Waals surface area (Å²) in [6, 6.07) is 1.32. The number of nitrogen functional groups attached to an aromatic ring is 1. The third-order valence-corrected chi connectivity index (χ3v) is 3.00. The van der Waals surface area contributed by atoms with Crippen LogP contribution in [0.15, 0.2) is 17.1 Å². The first-order valence-corrected chi connectivity index (χ1v) is 5.36. The SMILES string of the molecule is CC1(F)[C@@H](O)C(CO)O[C@H]1n1ccc(N)nc1=O. The summed E-state index contributed by atoms with van der Waals surface area (Å²) in [6.07, 6.45) is -2.74. The minimum atomic E-state index is -2.21. The average Bonchev–Trinajstić information content (AvgIpc) is 2.52. The molecule has 100 valence electrons. The highest BCUT2D eigenvalue weighted by atomic mass is 19.1. The zero-order valence-electron chi connectivity index (χ0n) is 9.65. The Morgan fingerprint density at radius 3 is 2.89 bits per heavy atom. The van der Waals surface area contributed by atoms with E-state index in [1.165, 1.54) is 12.3 Å². The minimum absolute atomic E-state index is 0.00839. The Morgan fingerprint density at radius 2 is 2.39 bits per heavy atom. The number of nitrogens with two attached hydrogens (primary N) is 1. The van der Waals surface area contributed by atoms with Gasteiger partial charge in [0.15, 0.2) is 11.9 Å². The quantitative estimate of drug-likeness (QED) is 0.615. The van der Waals surface area contributed by atoms with E-state index in [-0.39, 0.29) is 5.82 Å². The van der Waals surface area contributed by atoms with Gasteiger partial charge >= 0.3 is 5.69 Å². The van der Waals surface area contributed by atoms with E-state index < -0.39 is 36.4 Å². The van der Waals surface area contributed by atoms with E-state index in [4.69, 9.17) is 15.6 Å². The lowest BCUT2D eigenvalue weighted by molar-refractivity contribution is -0.0610. The van der Waals surface area contributed by atoms with Gasteiger partial charge in [-0.3, -0.25) is 4.57 Å². The van der Waals surface area contributed by atoms with Crippen molar-refractivity contribution in [2.24, 2.45) is 0 Å². The van der Waals surface area contributed by atoms with Crippen molar-refractivity contribution in [1.29, 1.82) is 0 Å². The maximum absolute atomic E-state index is 14.4. The Labute approximate surface area is 102 Å². The fourth-order valence-electron chi connectivity index (χ4n) is 1.97. The number of hydrogen-bond donors (Lipinski definition) is 3. The molecule has 4 N–H and O–H groups in total. The molecule has 2 unspecified atom stereocenters. The molecule has 1 aromatic rings. The molecule has 0 aromatic carbocycles. The molecule has 1 fully saturated rings. The number of halogens is 1. The van der Waals surface area contributed by atoms with Gasteiger partial charge < -0.3 is 20.7 Å². The molecule has 2 heterocycles. The van der Waals surface area contributed by atoms with Gasteiger partial charge in [-0.05, 0) is 13.0 Å². The van der Waals surface area contributed by atoms with Gasteiger partial charge in [0.05, 0.1) is 6.61 Å². The van der Waals surface area contributed by atoms with Crippen molar-refractivity contribution in [3.05, 3.63) is 22.7 Å². The van der Waals surface area contributed by atoms with E-state index in [1.54, 1.807) is 0 Å². The van der Waals surface area contributed by atoms with Crippen LogP contribution >= 0.6 is 0 Å². The van der Waals surface area contributed by atoms with Crippen LogP contribution in [0, 0.1) is 0 Å². The smallest absolute Gasteiger partial charge is 0.351 e. The second kappa shape index (κ2) is 4.30. The summed E-state index contributed by atoms with van der Waals surface area (Å²) < 4.78 is 20.4. The Bertz CT molecular complexity index is 504. The normalized spacial score (nSPS) is 35.9. The number of aromatic nitrogens is 2. The predicted molar refractivity (Wildman–Crippen MR) is 59.4 cm³/mol. The number of aliphatic hydroxyl groups excluding tert-OH is 2. The van der Waals surface area contributed by atoms with Crippen molar-refractivity contribution in [2.45, 2.75) is 31.0 Å². The minimum Gasteiger partial charge on any atom is -0.394 e. The highest BCUT2D eigenvalue weighted by Crippen LogP contribution is 2.40. The summed E-state index contributed by atoms with van der Waals surface area (Å²) in [5, 5.41) is 18.6. The monoisotopic (exact) mass is 259 g/mol. The molecule has 1 aliphatic rings. The molecule has 8 heteroatoms. The molecule has 1 aromatic heterocycles. The fraction of sp³-hybridized carbons (Fsp3) is 0.600. The predicted octanol–water partition coefficient (Wildman–Crippen LogP) is -1.20. The van der Waals surface area contributed by atoms with Crippen LogP contribution in [0.4, 0.5) is 10.2 Å². The molecule has 0 saturated carbocycles. The van der Waals surface area contributed by atoms with Crippen molar-refractivity contribution in [3.8, 4) is 0 Å². The second-order valence-electron chi connectivity index (χ2n) is 4.35. The zero-order valence-corrected chi connectivity index (χ0v) is 9.65. The van der Waals surface area contributed by atoms with Crippen LogP contribution < -0.4 is 11.4 Å². The van der Waals surface area contributed by atoms with Gasteiger partial charge in [0.25, 0.3) is 0 Å². The number of anilines is 1. The highest BCUT2D eigenvalue weighted by Gasteiger charge is 2.55. The first-order chi connectivity index (χ1) is 8.37. The third-order valence-electron chi connectivity index (χ3n) is 3.00. The van der Waals surface area contributed by atoms with Crippen LogP contribution in [0.1, 0.15) is 13.2 Å². The van der Waals surface area contributed by atoms with Crippen LogP contribution in [-0.2, 0) is 4.74 Å². The van der Waals surface area contributed by atoms with E-state index >= 15 is 0 Å². The maximum atomic E-state index is 14.4. The Kier molecular flexibility index (Phi) is 3.09. The number of nitrogens with zero attached hydrogens (tertiary/aromatic N) is 2. The molecule has 0 spiro atoms. The van der Waals surface area contributed by atoms with Crippen molar-refractivity contribution in [1.82, 2.24) is 9.55 Å². The van der Waals surface area contributed by atoms with Gasteiger partial charge in [0, 0.05) is 6.20 Å². The maximum Gasteiger partial charge on any atom is 0.351 e. The molecule has 0 aliphatic carbocycles. The molecular formula is C10H14FN3O4. The molecule has 18 heavy (non-hydrogen) atoms. The highest BCUT2D eigenvalue weighted by molar-refractivity contribution is 5.23. The Morgan fingerprint density at radius 1 is 1.72 bits per heavy atom. The molecule has 1 saturated heterocycles. The van der Waals surface area contributed by atoms with Gasteiger partial charge in [0.1, 0.15) is 18.0 Å². The molecule has 0 amide bonds. The van der Waals surface area contributed by atoms with Gasteiger partial charge in [0.2, 0.25) is 0 Å². The van der Waals surface area contributed by atoms with Crippen LogP contribution in [0.2, 0.25) is 0 Å². The molecular weight excluding hydrogens is 245 g/mol. The van der Waals surface area contributed by atoms with E-state index in [2.05, 4.69) is 4.98 Å². The first kappa shape index (κ1) is 12.9. The summed E-state index contributed by atoms with van der Waals surface area (Å²) in [5.74, 6) is 0.00839. The molecule has 7 nitrogen and oxygen atoms in total. The summed E-state index contributed by atoms with van der Waals surface area (Å²) >= 11 is 0. The average molecular weight is 259 g/mol. The van der Waals surface area contributed by atoms with Crippen LogP contribution in [0.5, 0.6) is 0 Å². The lowest BCUT2D eigenvalue weighted by Gasteiger charge is -2.24. The molecule has 4 atom stereocenters. The van der Waals surface area contributed by atoms with Gasteiger partial charge in [-0.2, -0.15) is 4.98 Å². The van der Waals surface area contributed by atoms with Crippen molar-refractivity contribution in [3.63, 3.8) is 0 Å². The standard InChI is InChI=1S/C10H14FN3O4/c1-10(11)7(16)5(4-15)18-8(10)14-3-2-6(12)13-9(14)17/h2-3,5,7-8,15-16H,4H2,1H3,(H2,12,13,17)/t5?,7-,8+,10?/m0/s1. The van der Waals surface area contributed by atoms with E-state index in [0.29, 0.717) is 0 Å². The number of aliphatic hydroxyl groups is 2. The molecule has 0 radical (unpaired) electrons. The number of ether oxygens (including phenoxy) is 1. The van der Waals surface area contributed by atoms with Crippen molar-refractivity contribution in [2.75, 3.05) is 12.3 Å². The van der Waals surface area contributed by atoms with Crippen molar-refractivity contribution >= 4 is 5.82 Å². The second-order valence-corrected chi connectivity index (χ2v) is 4.35. The van der Waals surface area contributed by atoms with Gasteiger partial charge in [-0.25, -0.2) is 9.18 Å². The lowest BCUT2D eigenvalue weighted by atomic mass is 9.98. The molecule has 2 rings (SSSR count). The summed E-state index contributed by atoms with van der Waals surface area (Å²) in [4.78, 5) is 15.1. The lowest BCUT2D eigenvalue weighted by Crippen LogP contribution is -2.42. The Hall–Kier alpha value is -1.51. The summed E-state index contributed by atoms with van der Waals surface area (Å²) in [5.41, 5.74) is 2.33. The third kappa shape index (κ3) is 1.88. The van der Waals surface area contributed by atoms with E-state index in [0.717, 1.165) is 11.5 Å². The van der Waals surface area contributed by atoms with E-state index in [1.807, 2.05) is 0 Å². The number of alkyl halides is 1. The van der Waals surface area contributed by atoms with Gasteiger partial charge in [-0.1, -0.05) is 0 Å². The van der Waals surface area contributed by atoms with Crippen LogP contribution in [-0.4, -0.2) is 44.2 Å². The first-order valence-electron chi connectivity index (χ1n) is 5.36. The topological polar surface area (TPSA) is 111 Å². The number of rotatable bonds is 2. The van der Waals surface area contributed by atoms with Gasteiger partial charge in [-0.15, -0.1) is 0 Å². The van der Waals surface area contributed by atoms with Crippen LogP contribution in [0.3, 0.4) is 0 Å². The molecule has 1 aliphatic heterocycles. The summed E-state index contributed by atoms with van der Waals surface area (Å²) in [6.45, 7) is 0.551. The number of hydrogen-bond acceptors (Lipinski definition) is 6. The summed E-state index contributed by atoms with van der Waals surface area (Å²) in [7, 11) is 0. The largest absolute Gasteiger partial charge is 0.394 e. The van der Waals surface area contributed by atoms with E-state index in [9.17, 15) is 14.3 Å². The Balaban J connectivity index is 2.42. The zero-order chi connectivity index (χ0) is 13.5. The van der Waals surface area contributed by atoms with Crippen LogP contribution in [0.25, 0.3) is 0 Å². The molecule has 0 bridgehead atoms. The fourth-order valence-corrected chi connectivity index (χ4v) is 1.97. The van der Waals surface area contributed by atoms with Crippen molar-refractivity contribution < 1.29 is 19.3 Å².